The molecule has 0 saturated carbocycles. The predicted octanol–water partition coefficient (Wildman–Crippen LogP) is 2.75. The minimum atomic E-state index is -0.710. The van der Waals surface area contributed by atoms with Crippen molar-refractivity contribution in [3.63, 3.8) is 0 Å². The van der Waals surface area contributed by atoms with Gasteiger partial charge < -0.3 is 10.6 Å². The molecule has 0 radical (unpaired) electrons. The van der Waals surface area contributed by atoms with Gasteiger partial charge >= 0.3 is 0 Å². The molecule has 106 valence electrons. The zero-order chi connectivity index (χ0) is 14.4. The summed E-state index contributed by atoms with van der Waals surface area (Å²) in [5.41, 5.74) is 1.65. The van der Waals surface area contributed by atoms with Gasteiger partial charge in [-0.1, -0.05) is 36.4 Å². The standard InChI is InChI=1S/C17H15FN2O/c18-13-7-3-1-5-11(13)15-17(9-10-19-15)12-6-2-4-8-14(12)20-16(17)21/h1-8,15,19H,9-10H2,(H,20,21). The second kappa shape index (κ2) is 4.40. The second-order valence-electron chi connectivity index (χ2n) is 5.63. The summed E-state index contributed by atoms with van der Waals surface area (Å²) in [6.07, 6.45) is 0.675. The molecule has 0 aromatic heterocycles. The fourth-order valence-electron chi connectivity index (χ4n) is 3.69. The van der Waals surface area contributed by atoms with Crippen LogP contribution in [0, 0.1) is 5.82 Å². The number of halogens is 1. The zero-order valence-corrected chi connectivity index (χ0v) is 11.4. The maximum atomic E-state index is 14.2. The Balaban J connectivity index is 1.91. The highest BCUT2D eigenvalue weighted by molar-refractivity contribution is 6.07. The molecule has 1 amide bonds. The third kappa shape index (κ3) is 1.59. The molecule has 2 atom stereocenters. The van der Waals surface area contributed by atoms with Gasteiger partial charge in [0.1, 0.15) is 5.82 Å². The molecule has 2 aliphatic heterocycles. The Hall–Kier alpha value is -2.20. The number of fused-ring (bicyclic) bond motifs is 2. The van der Waals surface area contributed by atoms with Gasteiger partial charge in [-0.2, -0.15) is 0 Å². The zero-order valence-electron chi connectivity index (χ0n) is 11.4. The van der Waals surface area contributed by atoms with Crippen LogP contribution in [-0.2, 0) is 10.2 Å². The number of amides is 1. The van der Waals surface area contributed by atoms with Crippen LogP contribution < -0.4 is 10.6 Å². The molecule has 3 nitrogen and oxygen atoms in total. The fourth-order valence-corrected chi connectivity index (χ4v) is 3.69. The highest BCUT2D eigenvalue weighted by Crippen LogP contribution is 2.51. The Kier molecular flexibility index (Phi) is 2.62. The largest absolute Gasteiger partial charge is 0.325 e. The normalized spacial score (nSPS) is 26.9. The quantitative estimate of drug-likeness (QED) is 0.844. The molecule has 0 bridgehead atoms. The van der Waals surface area contributed by atoms with Crippen LogP contribution in [0.5, 0.6) is 0 Å². The van der Waals surface area contributed by atoms with Gasteiger partial charge in [-0.25, -0.2) is 4.39 Å². The number of anilines is 1. The second-order valence-corrected chi connectivity index (χ2v) is 5.63. The van der Waals surface area contributed by atoms with Gasteiger partial charge in [-0.05, 0) is 30.7 Å². The average Bonchev–Trinajstić information content (AvgIpc) is 3.05. The number of carbonyl (C=O) groups is 1. The van der Waals surface area contributed by atoms with Crippen molar-refractivity contribution in [2.45, 2.75) is 17.9 Å². The Morgan fingerprint density at radius 2 is 1.86 bits per heavy atom. The van der Waals surface area contributed by atoms with Gasteiger partial charge in [-0.15, -0.1) is 0 Å². The molecule has 0 aliphatic carbocycles. The summed E-state index contributed by atoms with van der Waals surface area (Å²) >= 11 is 0. The molecule has 1 fully saturated rings. The van der Waals surface area contributed by atoms with Crippen LogP contribution in [0.1, 0.15) is 23.6 Å². The van der Waals surface area contributed by atoms with E-state index < -0.39 is 5.41 Å². The van der Waals surface area contributed by atoms with Crippen molar-refractivity contribution in [1.29, 1.82) is 0 Å². The van der Waals surface area contributed by atoms with Crippen LogP contribution >= 0.6 is 0 Å². The topological polar surface area (TPSA) is 41.1 Å². The monoisotopic (exact) mass is 282 g/mol. The van der Waals surface area contributed by atoms with E-state index >= 15 is 0 Å². The molecule has 2 unspecified atom stereocenters. The maximum absolute atomic E-state index is 14.2. The molecule has 2 aliphatic rings. The lowest BCUT2D eigenvalue weighted by Gasteiger charge is -2.29. The molecule has 4 rings (SSSR count). The number of carbonyl (C=O) groups excluding carboxylic acids is 1. The van der Waals surface area contributed by atoms with Crippen molar-refractivity contribution in [3.8, 4) is 0 Å². The van der Waals surface area contributed by atoms with Gasteiger partial charge in [0.25, 0.3) is 0 Å². The van der Waals surface area contributed by atoms with E-state index in [9.17, 15) is 9.18 Å². The first-order valence-corrected chi connectivity index (χ1v) is 7.12. The first-order chi connectivity index (χ1) is 10.2. The van der Waals surface area contributed by atoms with Crippen molar-refractivity contribution in [2.75, 3.05) is 11.9 Å². The molecule has 2 heterocycles. The van der Waals surface area contributed by atoms with Crippen molar-refractivity contribution in [1.82, 2.24) is 5.32 Å². The predicted molar refractivity (Wildman–Crippen MR) is 78.5 cm³/mol. The van der Waals surface area contributed by atoms with Crippen LogP contribution in [-0.4, -0.2) is 12.5 Å². The van der Waals surface area contributed by atoms with E-state index in [2.05, 4.69) is 10.6 Å². The lowest BCUT2D eigenvalue weighted by atomic mass is 9.73. The lowest BCUT2D eigenvalue weighted by molar-refractivity contribution is -0.121. The molecule has 1 spiro atoms. The number of benzene rings is 2. The van der Waals surface area contributed by atoms with Crippen molar-refractivity contribution in [2.24, 2.45) is 0 Å². The number of para-hydroxylation sites is 1. The van der Waals surface area contributed by atoms with E-state index in [1.54, 1.807) is 12.1 Å². The van der Waals surface area contributed by atoms with Gasteiger partial charge in [0.05, 0.1) is 11.5 Å². The Labute approximate surface area is 122 Å². The first-order valence-electron chi connectivity index (χ1n) is 7.12. The molecule has 2 aromatic rings. The summed E-state index contributed by atoms with van der Waals surface area (Å²) in [5.74, 6) is -0.310. The SMILES string of the molecule is O=C1Nc2ccccc2C12CCNC2c1ccccc1F. The third-order valence-corrected chi connectivity index (χ3v) is 4.64. The summed E-state index contributed by atoms with van der Waals surface area (Å²) in [7, 11) is 0. The lowest BCUT2D eigenvalue weighted by Crippen LogP contribution is -2.40. The Morgan fingerprint density at radius 1 is 1.10 bits per heavy atom. The van der Waals surface area contributed by atoms with E-state index in [-0.39, 0.29) is 17.8 Å². The third-order valence-electron chi connectivity index (χ3n) is 4.64. The summed E-state index contributed by atoms with van der Waals surface area (Å²) in [5, 5.41) is 6.26. The molecule has 4 heteroatoms. The van der Waals surface area contributed by atoms with E-state index in [4.69, 9.17) is 0 Å². The minimum absolute atomic E-state index is 0.0399. The Morgan fingerprint density at radius 3 is 2.71 bits per heavy atom. The van der Waals surface area contributed by atoms with Crippen LogP contribution in [0.3, 0.4) is 0 Å². The van der Waals surface area contributed by atoms with Crippen LogP contribution in [0.4, 0.5) is 10.1 Å². The number of hydrogen-bond acceptors (Lipinski definition) is 2. The number of nitrogens with one attached hydrogen (secondary N) is 2. The first kappa shape index (κ1) is 12.5. The molecule has 21 heavy (non-hydrogen) atoms. The summed E-state index contributed by atoms with van der Waals surface area (Å²) < 4.78 is 14.2. The van der Waals surface area contributed by atoms with Gasteiger partial charge in [0, 0.05) is 11.3 Å². The van der Waals surface area contributed by atoms with Crippen LogP contribution in [0.2, 0.25) is 0 Å². The molecular weight excluding hydrogens is 267 g/mol. The van der Waals surface area contributed by atoms with Crippen molar-refractivity contribution >= 4 is 11.6 Å². The van der Waals surface area contributed by atoms with Crippen molar-refractivity contribution in [3.05, 3.63) is 65.5 Å². The molecule has 2 N–H and O–H groups in total. The molecule has 1 saturated heterocycles. The summed E-state index contributed by atoms with van der Waals surface area (Å²) in [6.45, 7) is 0.695. The van der Waals surface area contributed by atoms with Gasteiger partial charge in [-0.3, -0.25) is 4.79 Å². The van der Waals surface area contributed by atoms with Crippen molar-refractivity contribution < 1.29 is 9.18 Å². The number of rotatable bonds is 1. The van der Waals surface area contributed by atoms with Crippen LogP contribution in [0.25, 0.3) is 0 Å². The summed E-state index contributed by atoms with van der Waals surface area (Å²) in [6, 6.07) is 14.1. The van der Waals surface area contributed by atoms with E-state index in [1.807, 2.05) is 30.3 Å². The molecular formula is C17H15FN2O. The summed E-state index contributed by atoms with van der Waals surface area (Å²) in [4.78, 5) is 12.7. The Bertz CT molecular complexity index is 730. The minimum Gasteiger partial charge on any atom is -0.325 e. The van der Waals surface area contributed by atoms with Crippen LogP contribution in [0.15, 0.2) is 48.5 Å². The number of hydrogen-bond donors (Lipinski definition) is 2. The molecule has 2 aromatic carbocycles. The van der Waals surface area contributed by atoms with E-state index in [0.717, 1.165) is 11.3 Å². The van der Waals surface area contributed by atoms with Gasteiger partial charge in [0.2, 0.25) is 5.91 Å². The highest BCUT2D eigenvalue weighted by Gasteiger charge is 2.55. The van der Waals surface area contributed by atoms with Gasteiger partial charge in [0.15, 0.2) is 0 Å². The van der Waals surface area contributed by atoms with E-state index in [0.29, 0.717) is 18.5 Å². The average molecular weight is 282 g/mol. The highest BCUT2D eigenvalue weighted by atomic mass is 19.1. The smallest absolute Gasteiger partial charge is 0.237 e. The van der Waals surface area contributed by atoms with E-state index in [1.165, 1.54) is 6.07 Å². The fraction of sp³-hybridized carbons (Fsp3) is 0.235. The maximum Gasteiger partial charge on any atom is 0.237 e.